The number of rotatable bonds is 6. The highest BCUT2D eigenvalue weighted by Crippen LogP contribution is 2.43. The summed E-state index contributed by atoms with van der Waals surface area (Å²) in [5.41, 5.74) is -3.26. The van der Waals surface area contributed by atoms with Gasteiger partial charge in [0.15, 0.2) is 0 Å². The van der Waals surface area contributed by atoms with Crippen molar-refractivity contribution in [3.63, 3.8) is 0 Å². The molecule has 2 aromatic carbocycles. The molecule has 1 aliphatic rings. The predicted molar refractivity (Wildman–Crippen MR) is 140 cm³/mol. The number of likely N-dealkylation sites (N-methyl/N-ethyl adjacent to an activating group) is 1. The van der Waals surface area contributed by atoms with E-state index in [0.29, 0.717) is 34.6 Å². The Bertz CT molecular complexity index is 1400. The van der Waals surface area contributed by atoms with Crippen LogP contribution in [0.1, 0.15) is 37.8 Å². The number of aliphatic hydroxyl groups excluding tert-OH is 1. The summed E-state index contributed by atoms with van der Waals surface area (Å²) in [6.45, 7) is 2.96. The van der Waals surface area contributed by atoms with Crippen molar-refractivity contribution in [2.24, 2.45) is 0 Å². The molecule has 11 heteroatoms. The van der Waals surface area contributed by atoms with E-state index >= 15 is 0 Å². The Balaban J connectivity index is 1.84. The smallest absolute Gasteiger partial charge is 0.394 e. The van der Waals surface area contributed by atoms with E-state index in [2.05, 4.69) is 4.98 Å². The maximum absolute atomic E-state index is 14.4. The van der Waals surface area contributed by atoms with Gasteiger partial charge in [-0.15, -0.1) is 0 Å². The Morgan fingerprint density at radius 2 is 1.85 bits per heavy atom. The van der Waals surface area contributed by atoms with Gasteiger partial charge in [0.25, 0.3) is 0 Å². The molecule has 1 N–H and O–H groups in total. The minimum absolute atomic E-state index is 0.0663. The van der Waals surface area contributed by atoms with Crippen LogP contribution < -0.4 is 9.80 Å². The van der Waals surface area contributed by atoms with Crippen LogP contribution in [0.5, 0.6) is 0 Å². The summed E-state index contributed by atoms with van der Waals surface area (Å²) < 4.78 is 69.9. The third kappa shape index (κ3) is 5.45. The molecule has 0 unspecified atom stereocenters. The van der Waals surface area contributed by atoms with E-state index in [1.54, 1.807) is 30.3 Å². The minimum Gasteiger partial charge on any atom is -0.394 e. The normalized spacial score (nSPS) is 16.1. The fourth-order valence-corrected chi connectivity index (χ4v) is 5.32. The zero-order valence-electron chi connectivity index (χ0n) is 21.5. The maximum atomic E-state index is 14.4. The lowest BCUT2D eigenvalue weighted by Crippen LogP contribution is -2.43. The number of carbonyl (C=O) groups is 1. The number of nitrogens with zero attached hydrogens (tertiary/aromatic N) is 3. The maximum Gasteiger partial charge on any atom is 0.419 e. The van der Waals surface area contributed by atoms with E-state index in [0.717, 1.165) is 17.7 Å². The van der Waals surface area contributed by atoms with E-state index in [1.807, 2.05) is 4.90 Å². The molecule has 2 heterocycles. The van der Waals surface area contributed by atoms with E-state index in [-0.39, 0.29) is 24.4 Å². The first-order valence-electron chi connectivity index (χ1n) is 12.2. The zero-order valence-corrected chi connectivity index (χ0v) is 22.2. The Morgan fingerprint density at radius 3 is 2.49 bits per heavy atom. The van der Waals surface area contributed by atoms with Crippen molar-refractivity contribution in [2.75, 3.05) is 30.0 Å². The van der Waals surface area contributed by atoms with Crippen molar-refractivity contribution in [3.05, 3.63) is 76.4 Å². The van der Waals surface area contributed by atoms with Crippen LogP contribution in [0.25, 0.3) is 11.1 Å². The molecule has 0 spiro atoms. The van der Waals surface area contributed by atoms with E-state index < -0.39 is 40.3 Å². The van der Waals surface area contributed by atoms with Crippen molar-refractivity contribution in [1.29, 1.82) is 0 Å². The number of aromatic nitrogens is 1. The molecule has 1 aromatic heterocycles. The molecule has 1 atom stereocenters. The molecular formula is C28H27ClF5N3O2. The monoisotopic (exact) mass is 567 g/mol. The third-order valence-corrected chi connectivity index (χ3v) is 7.46. The highest BCUT2D eigenvalue weighted by atomic mass is 35.5. The molecule has 0 saturated carbocycles. The number of pyridine rings is 1. The largest absolute Gasteiger partial charge is 0.419 e. The lowest BCUT2D eigenvalue weighted by atomic mass is 9.79. The number of hydrogen-bond acceptors (Lipinski definition) is 4. The number of alkyl halides is 3. The van der Waals surface area contributed by atoms with Crippen molar-refractivity contribution >= 4 is 29.0 Å². The van der Waals surface area contributed by atoms with Gasteiger partial charge in [-0.1, -0.05) is 29.8 Å². The first kappa shape index (κ1) is 28.8. The molecule has 3 aromatic rings. The number of benzene rings is 2. The minimum atomic E-state index is -5.16. The second kappa shape index (κ2) is 10.7. The lowest BCUT2D eigenvalue weighted by molar-refractivity contribution is -0.141. The lowest BCUT2D eigenvalue weighted by Gasteiger charge is -2.33. The van der Waals surface area contributed by atoms with Gasteiger partial charge in [0, 0.05) is 35.8 Å². The predicted octanol–water partition coefficient (Wildman–Crippen LogP) is 6.60. The molecule has 1 amide bonds. The number of carbonyl (C=O) groups excluding carboxylic acids is 1. The molecule has 1 saturated heterocycles. The van der Waals surface area contributed by atoms with Crippen LogP contribution in [0.15, 0.2) is 48.7 Å². The first-order chi connectivity index (χ1) is 18.3. The standard InChI is InChI=1S/C28H27ClF5N3O2/c1-27(2,20-11-16(30)12-22(31)25(20)28(32,33)34)26(39)36(3)23-14-35-24(37-10-6-7-17(37)15-38)13-19(23)18-8-4-5-9-21(18)29/h4-5,8-9,11-14,17,38H,6-7,10,15H2,1-3H3/t17-/m1/s1. The highest BCUT2D eigenvalue weighted by molar-refractivity contribution is 6.33. The van der Waals surface area contributed by atoms with Crippen molar-refractivity contribution in [2.45, 2.75) is 44.3 Å². The second-order valence-electron chi connectivity index (χ2n) is 10.0. The van der Waals surface area contributed by atoms with Gasteiger partial charge >= 0.3 is 6.18 Å². The van der Waals surface area contributed by atoms with Crippen LogP contribution in [0.3, 0.4) is 0 Å². The molecule has 0 radical (unpaired) electrons. The molecular weight excluding hydrogens is 541 g/mol. The van der Waals surface area contributed by atoms with Gasteiger partial charge in [0.1, 0.15) is 17.5 Å². The summed E-state index contributed by atoms with van der Waals surface area (Å²) in [5, 5.41) is 10.1. The van der Waals surface area contributed by atoms with Gasteiger partial charge in [-0.2, -0.15) is 13.2 Å². The fourth-order valence-electron chi connectivity index (χ4n) is 5.08. The second-order valence-corrected chi connectivity index (χ2v) is 10.4. The van der Waals surface area contributed by atoms with Gasteiger partial charge in [-0.3, -0.25) is 4.79 Å². The Labute approximate surface area is 227 Å². The van der Waals surface area contributed by atoms with E-state index in [1.165, 1.54) is 27.1 Å². The summed E-state index contributed by atoms with van der Waals surface area (Å²) >= 11 is 6.49. The Kier molecular flexibility index (Phi) is 7.91. The van der Waals surface area contributed by atoms with E-state index in [4.69, 9.17) is 11.6 Å². The van der Waals surface area contributed by atoms with Crippen LogP contribution in [0, 0.1) is 11.6 Å². The quantitative estimate of drug-likeness (QED) is 0.341. The number of halogens is 6. The fraction of sp³-hybridized carbons (Fsp3) is 0.357. The van der Waals surface area contributed by atoms with Crippen molar-refractivity contribution in [3.8, 4) is 11.1 Å². The number of hydrogen-bond donors (Lipinski definition) is 1. The first-order valence-corrected chi connectivity index (χ1v) is 12.6. The molecule has 208 valence electrons. The SMILES string of the molecule is CN(C(=O)C(C)(C)c1cc(F)cc(F)c1C(F)(F)F)c1cnc(N2CCC[C@@H]2CO)cc1-c1ccccc1Cl. The summed E-state index contributed by atoms with van der Waals surface area (Å²) in [7, 11) is 1.36. The number of aliphatic hydroxyl groups is 1. The summed E-state index contributed by atoms with van der Waals surface area (Å²) in [5.74, 6) is -3.34. The van der Waals surface area contributed by atoms with Gasteiger partial charge < -0.3 is 14.9 Å². The summed E-state index contributed by atoms with van der Waals surface area (Å²) in [4.78, 5) is 21.3. The topological polar surface area (TPSA) is 56.7 Å². The molecule has 5 nitrogen and oxygen atoms in total. The van der Waals surface area contributed by atoms with Crippen LogP contribution in [-0.4, -0.2) is 42.2 Å². The van der Waals surface area contributed by atoms with Crippen LogP contribution >= 0.6 is 11.6 Å². The summed E-state index contributed by atoms with van der Waals surface area (Å²) in [6.07, 6.45) is -2.12. The van der Waals surface area contributed by atoms with Crippen LogP contribution in [0.2, 0.25) is 5.02 Å². The Hall–Kier alpha value is -3.24. The van der Waals surface area contributed by atoms with E-state index in [9.17, 15) is 31.9 Å². The van der Waals surface area contributed by atoms with Gasteiger partial charge in [-0.25, -0.2) is 13.8 Å². The highest BCUT2D eigenvalue weighted by Gasteiger charge is 2.45. The number of anilines is 2. The van der Waals surface area contributed by atoms with Gasteiger partial charge in [-0.05, 0) is 50.5 Å². The Morgan fingerprint density at radius 1 is 1.15 bits per heavy atom. The summed E-state index contributed by atoms with van der Waals surface area (Å²) in [6, 6.07) is 9.12. The van der Waals surface area contributed by atoms with Gasteiger partial charge in [0.05, 0.1) is 35.5 Å². The third-order valence-electron chi connectivity index (χ3n) is 7.13. The molecule has 0 aliphatic carbocycles. The molecule has 39 heavy (non-hydrogen) atoms. The molecule has 1 aliphatic heterocycles. The molecule has 1 fully saturated rings. The zero-order chi connectivity index (χ0) is 28.7. The van der Waals surface area contributed by atoms with Crippen LogP contribution in [0.4, 0.5) is 33.5 Å². The average molecular weight is 568 g/mol. The van der Waals surface area contributed by atoms with Gasteiger partial charge in [0.2, 0.25) is 5.91 Å². The van der Waals surface area contributed by atoms with Crippen molar-refractivity contribution < 1.29 is 31.9 Å². The van der Waals surface area contributed by atoms with Crippen molar-refractivity contribution in [1.82, 2.24) is 4.98 Å². The number of amides is 1. The van der Waals surface area contributed by atoms with Crippen LogP contribution in [-0.2, 0) is 16.4 Å². The molecule has 0 bridgehead atoms. The molecule has 4 rings (SSSR count). The average Bonchev–Trinajstić information content (AvgIpc) is 3.35.